The molecule has 2 aromatic carbocycles. The van der Waals surface area contributed by atoms with Gasteiger partial charge in [-0.2, -0.15) is 0 Å². The average molecular weight is 331 g/mol. The fraction of sp³-hybridized carbons (Fsp3) is 0.0526. The molecule has 0 amide bonds. The fourth-order valence-electron chi connectivity index (χ4n) is 2.38. The highest BCUT2D eigenvalue weighted by atomic mass is 32.2. The first-order valence-electron chi connectivity index (χ1n) is 7.44. The zero-order chi connectivity index (χ0) is 16.4. The molecular weight excluding hydrogens is 318 g/mol. The molecule has 0 saturated carbocycles. The number of benzene rings is 2. The maximum atomic E-state index is 10.3. The highest BCUT2D eigenvalue weighted by Crippen LogP contribution is 2.42. The zero-order valence-electron chi connectivity index (χ0n) is 12.6. The van der Waals surface area contributed by atoms with Gasteiger partial charge in [0, 0.05) is 22.9 Å². The van der Waals surface area contributed by atoms with Crippen LogP contribution in [0.25, 0.3) is 0 Å². The maximum absolute atomic E-state index is 10.3. The molecule has 1 aliphatic rings. The van der Waals surface area contributed by atoms with Gasteiger partial charge < -0.3 is 10.4 Å². The van der Waals surface area contributed by atoms with Gasteiger partial charge in [-0.3, -0.25) is 0 Å². The molecule has 0 fully saturated rings. The smallest absolute Gasteiger partial charge is 0.163 e. The Morgan fingerprint density at radius 3 is 2.75 bits per heavy atom. The Morgan fingerprint density at radius 2 is 1.88 bits per heavy atom. The van der Waals surface area contributed by atoms with Gasteiger partial charge in [-0.1, -0.05) is 47.9 Å². The van der Waals surface area contributed by atoms with Crippen LogP contribution in [0.2, 0.25) is 0 Å². The van der Waals surface area contributed by atoms with Gasteiger partial charge in [-0.05, 0) is 29.8 Å². The molecule has 116 valence electrons. The topological polar surface area (TPSA) is 58.0 Å². The molecule has 4 nitrogen and oxygen atoms in total. The molecule has 0 aliphatic carbocycles. The molecule has 1 aliphatic heterocycles. The standard InChI is InChI=1S/C19H13N3OS/c23-16(8-6-13-4-2-1-3-5-13)14-7-9-17-15(12-14)22-18-19(24-17)21-11-10-20-18/h1-5,7,9-12,16,23H,(H,20,22). The summed E-state index contributed by atoms with van der Waals surface area (Å²) in [5.74, 6) is 6.61. The molecule has 1 aromatic heterocycles. The number of aliphatic hydroxyl groups excluding tert-OH is 1. The van der Waals surface area contributed by atoms with Crippen molar-refractivity contribution in [3.8, 4) is 11.8 Å². The van der Waals surface area contributed by atoms with Gasteiger partial charge in [0.2, 0.25) is 0 Å². The van der Waals surface area contributed by atoms with Crippen molar-refractivity contribution in [1.82, 2.24) is 9.97 Å². The Bertz CT molecular complexity index is 948. The fourth-order valence-corrected chi connectivity index (χ4v) is 3.26. The van der Waals surface area contributed by atoms with Crippen LogP contribution < -0.4 is 5.32 Å². The Labute approximate surface area is 144 Å². The van der Waals surface area contributed by atoms with E-state index in [4.69, 9.17) is 0 Å². The number of aliphatic hydroxyl groups is 1. The van der Waals surface area contributed by atoms with Gasteiger partial charge in [-0.25, -0.2) is 9.97 Å². The number of hydrogen-bond donors (Lipinski definition) is 2. The van der Waals surface area contributed by atoms with E-state index in [1.54, 1.807) is 24.2 Å². The van der Waals surface area contributed by atoms with Crippen LogP contribution in [0.3, 0.4) is 0 Å². The molecule has 0 bridgehead atoms. The van der Waals surface area contributed by atoms with Crippen molar-refractivity contribution in [2.75, 3.05) is 5.32 Å². The van der Waals surface area contributed by atoms with E-state index in [1.807, 2.05) is 48.5 Å². The van der Waals surface area contributed by atoms with E-state index >= 15 is 0 Å². The van der Waals surface area contributed by atoms with Crippen LogP contribution in [0, 0.1) is 11.8 Å². The summed E-state index contributed by atoms with van der Waals surface area (Å²) in [6, 6.07) is 15.4. The van der Waals surface area contributed by atoms with Gasteiger partial charge in [-0.15, -0.1) is 0 Å². The van der Waals surface area contributed by atoms with Gasteiger partial charge in [0.05, 0.1) is 5.69 Å². The van der Waals surface area contributed by atoms with Crippen molar-refractivity contribution in [2.45, 2.75) is 16.0 Å². The van der Waals surface area contributed by atoms with E-state index < -0.39 is 6.10 Å². The van der Waals surface area contributed by atoms with Gasteiger partial charge in [0.1, 0.15) is 11.1 Å². The summed E-state index contributed by atoms with van der Waals surface area (Å²) in [7, 11) is 0. The second-order valence-corrected chi connectivity index (χ2v) is 6.26. The summed E-state index contributed by atoms with van der Waals surface area (Å²) in [5, 5.41) is 14.4. The molecule has 24 heavy (non-hydrogen) atoms. The minimum atomic E-state index is -0.842. The van der Waals surface area contributed by atoms with Crippen LogP contribution in [0.5, 0.6) is 0 Å². The summed E-state index contributed by atoms with van der Waals surface area (Å²) in [6.45, 7) is 0. The van der Waals surface area contributed by atoms with Gasteiger partial charge >= 0.3 is 0 Å². The van der Waals surface area contributed by atoms with Crippen LogP contribution in [0.15, 0.2) is 70.8 Å². The molecule has 5 heteroatoms. The number of anilines is 2. The molecule has 3 aromatic rings. The van der Waals surface area contributed by atoms with Gasteiger partial charge in [0.15, 0.2) is 5.82 Å². The normalized spacial score (nSPS) is 12.9. The minimum Gasteiger partial charge on any atom is -0.376 e. The highest BCUT2D eigenvalue weighted by Gasteiger charge is 2.18. The summed E-state index contributed by atoms with van der Waals surface area (Å²) in [4.78, 5) is 9.64. The minimum absolute atomic E-state index is 0.733. The summed E-state index contributed by atoms with van der Waals surface area (Å²) in [6.07, 6.45) is 2.49. The van der Waals surface area contributed by atoms with Crippen LogP contribution >= 0.6 is 11.8 Å². The maximum Gasteiger partial charge on any atom is 0.163 e. The lowest BCUT2D eigenvalue weighted by molar-refractivity contribution is 0.238. The molecule has 2 heterocycles. The van der Waals surface area contributed by atoms with E-state index in [0.717, 1.165) is 32.6 Å². The highest BCUT2D eigenvalue weighted by molar-refractivity contribution is 7.99. The summed E-state index contributed by atoms with van der Waals surface area (Å²) >= 11 is 1.56. The number of fused-ring (bicyclic) bond motifs is 2. The van der Waals surface area contributed by atoms with Crippen LogP contribution in [0.1, 0.15) is 17.2 Å². The Hall–Kier alpha value is -2.81. The SMILES string of the molecule is OC(C#Cc1ccccc1)c1ccc2c(c1)Nc1nccnc1S2. The van der Waals surface area contributed by atoms with Crippen molar-refractivity contribution in [1.29, 1.82) is 0 Å². The number of hydrogen-bond acceptors (Lipinski definition) is 5. The predicted molar refractivity (Wildman–Crippen MR) is 94.2 cm³/mol. The lowest BCUT2D eigenvalue weighted by atomic mass is 10.1. The molecule has 0 spiro atoms. The van der Waals surface area contributed by atoms with Crippen molar-refractivity contribution in [3.63, 3.8) is 0 Å². The third kappa shape index (κ3) is 2.98. The van der Waals surface area contributed by atoms with E-state index in [1.165, 1.54) is 0 Å². The number of rotatable bonds is 1. The molecular formula is C19H13N3OS. The second kappa shape index (κ2) is 6.36. The predicted octanol–water partition coefficient (Wildman–Crippen LogP) is 3.77. The number of nitrogens with one attached hydrogen (secondary N) is 1. The molecule has 1 atom stereocenters. The molecule has 0 saturated heterocycles. The Balaban J connectivity index is 1.59. The van der Waals surface area contributed by atoms with Crippen molar-refractivity contribution in [2.24, 2.45) is 0 Å². The molecule has 4 rings (SSSR count). The van der Waals surface area contributed by atoms with Crippen LogP contribution in [0.4, 0.5) is 11.5 Å². The lowest BCUT2D eigenvalue weighted by Gasteiger charge is -2.19. The molecule has 0 radical (unpaired) electrons. The summed E-state index contributed by atoms with van der Waals surface area (Å²) < 4.78 is 0. The van der Waals surface area contributed by atoms with Crippen molar-refractivity contribution in [3.05, 3.63) is 72.1 Å². The van der Waals surface area contributed by atoms with Crippen molar-refractivity contribution >= 4 is 23.3 Å². The largest absolute Gasteiger partial charge is 0.376 e. The third-order valence-electron chi connectivity index (χ3n) is 3.57. The monoisotopic (exact) mass is 331 g/mol. The van der Waals surface area contributed by atoms with E-state index in [2.05, 4.69) is 27.1 Å². The first kappa shape index (κ1) is 14.8. The number of nitrogens with zero attached hydrogens (tertiary/aromatic N) is 2. The van der Waals surface area contributed by atoms with E-state index in [0.29, 0.717) is 0 Å². The molecule has 2 N–H and O–H groups in total. The van der Waals surface area contributed by atoms with Gasteiger partial charge in [0.25, 0.3) is 0 Å². The second-order valence-electron chi connectivity index (χ2n) is 5.23. The zero-order valence-corrected chi connectivity index (χ0v) is 13.4. The summed E-state index contributed by atoms with van der Waals surface area (Å²) in [5.41, 5.74) is 2.54. The Morgan fingerprint density at radius 1 is 1.04 bits per heavy atom. The Kier molecular flexibility index (Phi) is 3.91. The quantitative estimate of drug-likeness (QED) is 0.520. The van der Waals surface area contributed by atoms with E-state index in [-0.39, 0.29) is 0 Å². The first-order chi connectivity index (χ1) is 11.8. The molecule has 1 unspecified atom stereocenters. The van der Waals surface area contributed by atoms with E-state index in [9.17, 15) is 5.11 Å². The van der Waals surface area contributed by atoms with Crippen molar-refractivity contribution < 1.29 is 5.11 Å². The number of aromatic nitrogens is 2. The van der Waals surface area contributed by atoms with Crippen LogP contribution in [-0.4, -0.2) is 15.1 Å². The van der Waals surface area contributed by atoms with Crippen LogP contribution in [-0.2, 0) is 0 Å². The first-order valence-corrected chi connectivity index (χ1v) is 8.26. The average Bonchev–Trinajstić information content (AvgIpc) is 2.64. The third-order valence-corrected chi connectivity index (χ3v) is 4.64. The lowest BCUT2D eigenvalue weighted by Crippen LogP contribution is -2.05.